The molecule has 3 nitrogen and oxygen atoms in total. The molecule has 0 aliphatic heterocycles. The second-order valence-electron chi connectivity index (χ2n) is 4.54. The van der Waals surface area contributed by atoms with Crippen LogP contribution < -0.4 is 5.32 Å². The van der Waals surface area contributed by atoms with Crippen LogP contribution in [0.25, 0.3) is 10.6 Å². The summed E-state index contributed by atoms with van der Waals surface area (Å²) in [6.07, 6.45) is 1.81. The van der Waals surface area contributed by atoms with Crippen LogP contribution in [0.3, 0.4) is 0 Å². The van der Waals surface area contributed by atoms with Crippen LogP contribution in [0, 0.1) is 11.3 Å². The van der Waals surface area contributed by atoms with Crippen molar-refractivity contribution in [1.29, 1.82) is 5.26 Å². The van der Waals surface area contributed by atoms with Crippen LogP contribution >= 0.6 is 11.3 Å². The Kier molecular flexibility index (Phi) is 3.95. The molecule has 3 aromatic rings. The Hall–Kier alpha value is -2.64. The maximum atomic E-state index is 9.10. The molecule has 4 heteroatoms. The lowest BCUT2D eigenvalue weighted by Gasteiger charge is -2.09. The molecular weight excluding hydrogens is 278 g/mol. The molecule has 0 saturated carbocycles. The van der Waals surface area contributed by atoms with Crippen molar-refractivity contribution >= 4 is 17.0 Å². The summed E-state index contributed by atoms with van der Waals surface area (Å²) >= 11 is 1.62. The summed E-state index contributed by atoms with van der Waals surface area (Å²) in [4.78, 5) is 4.32. The number of hydrogen-bond donors (Lipinski definition) is 1. The predicted octanol–water partition coefficient (Wildman–Crippen LogP) is 4.29. The van der Waals surface area contributed by atoms with Gasteiger partial charge in [0.05, 0.1) is 11.6 Å². The molecule has 1 aromatic heterocycles. The molecular formula is C17H13N3S. The molecule has 102 valence electrons. The van der Waals surface area contributed by atoms with Crippen LogP contribution in [0.4, 0.5) is 5.69 Å². The second-order valence-corrected chi connectivity index (χ2v) is 5.44. The summed E-state index contributed by atoms with van der Waals surface area (Å²) in [5.74, 6) is 0. The molecule has 21 heavy (non-hydrogen) atoms. The van der Waals surface area contributed by atoms with E-state index in [1.165, 1.54) is 0 Å². The lowest BCUT2D eigenvalue weighted by atomic mass is 10.1. The fourth-order valence-corrected chi connectivity index (χ4v) is 2.74. The standard InChI is InChI=1S/C17H13N3S/c18-11-14-4-1-2-5-15(14)12-20-16-7-3-6-13(10-16)17-19-8-9-21-17/h1-10,20H,12H2. The lowest BCUT2D eigenvalue weighted by molar-refractivity contribution is 1.14. The monoisotopic (exact) mass is 291 g/mol. The Labute approximate surface area is 127 Å². The molecule has 0 amide bonds. The first-order chi connectivity index (χ1) is 10.4. The van der Waals surface area contributed by atoms with E-state index in [0.29, 0.717) is 12.1 Å². The minimum absolute atomic E-state index is 0.630. The van der Waals surface area contributed by atoms with Crippen LogP contribution in [-0.4, -0.2) is 4.98 Å². The van der Waals surface area contributed by atoms with Crippen molar-refractivity contribution in [2.45, 2.75) is 6.54 Å². The van der Waals surface area contributed by atoms with Gasteiger partial charge in [0.15, 0.2) is 0 Å². The molecule has 0 fully saturated rings. The van der Waals surface area contributed by atoms with Gasteiger partial charge < -0.3 is 5.32 Å². The number of nitriles is 1. The van der Waals surface area contributed by atoms with E-state index in [1.807, 2.05) is 54.0 Å². The normalized spacial score (nSPS) is 10.0. The molecule has 0 aliphatic rings. The molecule has 1 heterocycles. The van der Waals surface area contributed by atoms with Gasteiger partial charge in [-0.2, -0.15) is 5.26 Å². The summed E-state index contributed by atoms with van der Waals surface area (Å²) in [7, 11) is 0. The van der Waals surface area contributed by atoms with E-state index >= 15 is 0 Å². The Balaban J connectivity index is 1.77. The van der Waals surface area contributed by atoms with Gasteiger partial charge in [-0.15, -0.1) is 11.3 Å². The maximum absolute atomic E-state index is 9.10. The molecule has 0 atom stereocenters. The molecule has 2 aromatic carbocycles. The molecule has 0 radical (unpaired) electrons. The average Bonchev–Trinajstić information content (AvgIpc) is 3.08. The first-order valence-electron chi connectivity index (χ1n) is 6.58. The highest BCUT2D eigenvalue weighted by atomic mass is 32.1. The number of nitrogens with one attached hydrogen (secondary N) is 1. The second kappa shape index (κ2) is 6.21. The van der Waals surface area contributed by atoms with Gasteiger partial charge >= 0.3 is 0 Å². The minimum Gasteiger partial charge on any atom is -0.381 e. The third kappa shape index (κ3) is 3.10. The van der Waals surface area contributed by atoms with E-state index in [2.05, 4.69) is 22.4 Å². The molecule has 0 aliphatic carbocycles. The zero-order valence-electron chi connectivity index (χ0n) is 11.3. The van der Waals surface area contributed by atoms with E-state index in [-0.39, 0.29) is 0 Å². The zero-order chi connectivity index (χ0) is 14.5. The van der Waals surface area contributed by atoms with Gasteiger partial charge in [0.1, 0.15) is 5.01 Å². The van der Waals surface area contributed by atoms with Crippen LogP contribution in [0.15, 0.2) is 60.1 Å². The van der Waals surface area contributed by atoms with Crippen molar-refractivity contribution in [1.82, 2.24) is 4.98 Å². The third-order valence-electron chi connectivity index (χ3n) is 3.16. The lowest BCUT2D eigenvalue weighted by Crippen LogP contribution is -2.01. The highest BCUT2D eigenvalue weighted by Gasteiger charge is 2.03. The largest absolute Gasteiger partial charge is 0.381 e. The van der Waals surface area contributed by atoms with E-state index in [9.17, 15) is 0 Å². The van der Waals surface area contributed by atoms with Gasteiger partial charge in [-0.05, 0) is 23.8 Å². The predicted molar refractivity (Wildman–Crippen MR) is 86.0 cm³/mol. The van der Waals surface area contributed by atoms with Gasteiger partial charge in [0, 0.05) is 29.4 Å². The molecule has 0 unspecified atom stereocenters. The number of nitrogens with zero attached hydrogens (tertiary/aromatic N) is 2. The highest BCUT2D eigenvalue weighted by Crippen LogP contribution is 2.24. The summed E-state index contributed by atoms with van der Waals surface area (Å²) < 4.78 is 0. The van der Waals surface area contributed by atoms with E-state index < -0.39 is 0 Å². The van der Waals surface area contributed by atoms with Crippen LogP contribution in [0.2, 0.25) is 0 Å². The summed E-state index contributed by atoms with van der Waals surface area (Å²) in [5, 5.41) is 15.4. The number of hydrogen-bond acceptors (Lipinski definition) is 4. The summed E-state index contributed by atoms with van der Waals surface area (Å²) in [5.41, 5.74) is 3.83. The number of rotatable bonds is 4. The number of anilines is 1. The SMILES string of the molecule is N#Cc1ccccc1CNc1cccc(-c2nccs2)c1. The zero-order valence-corrected chi connectivity index (χ0v) is 12.1. The number of thiazole rings is 1. The average molecular weight is 291 g/mol. The molecule has 0 spiro atoms. The van der Waals surface area contributed by atoms with Gasteiger partial charge in [-0.3, -0.25) is 0 Å². The number of benzene rings is 2. The summed E-state index contributed by atoms with van der Waals surface area (Å²) in [6, 6.07) is 18.0. The van der Waals surface area contributed by atoms with Crippen molar-refractivity contribution in [3.05, 3.63) is 71.2 Å². The van der Waals surface area contributed by atoms with Gasteiger partial charge in [-0.25, -0.2) is 4.98 Å². The Morgan fingerprint density at radius 1 is 1.14 bits per heavy atom. The fraction of sp³-hybridized carbons (Fsp3) is 0.0588. The topological polar surface area (TPSA) is 48.7 Å². The van der Waals surface area contributed by atoms with E-state index in [4.69, 9.17) is 5.26 Å². The Morgan fingerprint density at radius 2 is 2.05 bits per heavy atom. The van der Waals surface area contributed by atoms with Crippen molar-refractivity contribution in [2.24, 2.45) is 0 Å². The molecule has 0 bridgehead atoms. The minimum atomic E-state index is 0.630. The quantitative estimate of drug-likeness (QED) is 0.780. The molecule has 3 rings (SSSR count). The van der Waals surface area contributed by atoms with Crippen LogP contribution in [0.1, 0.15) is 11.1 Å². The van der Waals surface area contributed by atoms with Crippen molar-refractivity contribution in [3.8, 4) is 16.6 Å². The molecule has 0 saturated heterocycles. The maximum Gasteiger partial charge on any atom is 0.123 e. The smallest absolute Gasteiger partial charge is 0.123 e. The van der Waals surface area contributed by atoms with Crippen LogP contribution in [0.5, 0.6) is 0 Å². The Morgan fingerprint density at radius 3 is 2.86 bits per heavy atom. The third-order valence-corrected chi connectivity index (χ3v) is 3.98. The molecule has 1 N–H and O–H groups in total. The number of aromatic nitrogens is 1. The van der Waals surface area contributed by atoms with Crippen molar-refractivity contribution < 1.29 is 0 Å². The van der Waals surface area contributed by atoms with Crippen molar-refractivity contribution in [3.63, 3.8) is 0 Å². The Bertz CT molecular complexity index is 773. The van der Waals surface area contributed by atoms with Gasteiger partial charge in [0.25, 0.3) is 0 Å². The highest BCUT2D eigenvalue weighted by molar-refractivity contribution is 7.13. The van der Waals surface area contributed by atoms with Crippen molar-refractivity contribution in [2.75, 3.05) is 5.32 Å². The first kappa shape index (κ1) is 13.3. The van der Waals surface area contributed by atoms with E-state index in [0.717, 1.165) is 21.8 Å². The summed E-state index contributed by atoms with van der Waals surface area (Å²) in [6.45, 7) is 0.630. The van der Waals surface area contributed by atoms with Gasteiger partial charge in [-0.1, -0.05) is 30.3 Å². The van der Waals surface area contributed by atoms with Crippen LogP contribution in [-0.2, 0) is 6.54 Å². The van der Waals surface area contributed by atoms with E-state index in [1.54, 1.807) is 11.3 Å². The van der Waals surface area contributed by atoms with Gasteiger partial charge in [0.2, 0.25) is 0 Å². The first-order valence-corrected chi connectivity index (χ1v) is 7.46. The fourth-order valence-electron chi connectivity index (χ4n) is 2.11.